The van der Waals surface area contributed by atoms with Crippen molar-refractivity contribution in [2.45, 2.75) is 98.3 Å². The summed E-state index contributed by atoms with van der Waals surface area (Å²) >= 11 is 0. The highest BCUT2D eigenvalue weighted by atomic mass is 16.5. The number of esters is 1. The van der Waals surface area contributed by atoms with Crippen LogP contribution in [0.4, 0.5) is 0 Å². The van der Waals surface area contributed by atoms with Crippen LogP contribution in [0.5, 0.6) is 0 Å². The summed E-state index contributed by atoms with van der Waals surface area (Å²) in [5.41, 5.74) is 0.912. The van der Waals surface area contributed by atoms with Gasteiger partial charge in [-0.2, -0.15) is 0 Å². The van der Waals surface area contributed by atoms with E-state index in [-0.39, 0.29) is 5.97 Å². The predicted octanol–water partition coefficient (Wildman–Crippen LogP) is 6.45. The number of hydrogen-bond donors (Lipinski definition) is 1. The molecule has 0 unspecified atom stereocenters. The first-order valence-electron chi connectivity index (χ1n) is 10.1. The van der Waals surface area contributed by atoms with E-state index in [1.807, 2.05) is 6.92 Å². The van der Waals surface area contributed by atoms with Crippen molar-refractivity contribution in [3.63, 3.8) is 0 Å². The lowest BCUT2D eigenvalue weighted by Gasteiger charge is -2.04. The van der Waals surface area contributed by atoms with E-state index < -0.39 is 5.97 Å². The van der Waals surface area contributed by atoms with Gasteiger partial charge < -0.3 is 9.84 Å². The first-order chi connectivity index (χ1) is 12.4. The molecule has 4 nitrogen and oxygen atoms in total. The molecule has 0 bridgehead atoms. The molecule has 0 rings (SSSR count). The van der Waals surface area contributed by atoms with E-state index in [0.717, 1.165) is 12.8 Å². The summed E-state index contributed by atoms with van der Waals surface area (Å²) in [7, 11) is 0. The summed E-state index contributed by atoms with van der Waals surface area (Å²) in [6.45, 7) is 11.5. The lowest BCUT2D eigenvalue weighted by atomic mass is 10.1. The van der Waals surface area contributed by atoms with Crippen LogP contribution in [0.25, 0.3) is 0 Å². The van der Waals surface area contributed by atoms with Crippen molar-refractivity contribution >= 4 is 11.9 Å². The van der Waals surface area contributed by atoms with Crippen LogP contribution in [0.15, 0.2) is 23.8 Å². The van der Waals surface area contributed by atoms with Gasteiger partial charge in [-0.05, 0) is 26.7 Å². The lowest BCUT2D eigenvalue weighted by Crippen LogP contribution is -2.05. The zero-order valence-electron chi connectivity index (χ0n) is 17.4. The summed E-state index contributed by atoms with van der Waals surface area (Å²) in [6.07, 6.45) is 15.4. The molecule has 152 valence electrons. The van der Waals surface area contributed by atoms with Crippen LogP contribution < -0.4 is 0 Å². The zero-order valence-corrected chi connectivity index (χ0v) is 17.4. The van der Waals surface area contributed by atoms with Crippen molar-refractivity contribution < 1.29 is 19.4 Å². The molecule has 0 fully saturated rings. The first kappa shape index (κ1) is 26.6. The van der Waals surface area contributed by atoms with Crippen molar-refractivity contribution in [1.29, 1.82) is 0 Å². The topological polar surface area (TPSA) is 63.6 Å². The third-order valence-corrected chi connectivity index (χ3v) is 3.93. The number of rotatable bonds is 14. The predicted molar refractivity (Wildman–Crippen MR) is 109 cm³/mol. The van der Waals surface area contributed by atoms with Crippen LogP contribution in [0.3, 0.4) is 0 Å². The molecule has 0 radical (unpaired) electrons. The number of ether oxygens (including phenoxy) is 1. The average Bonchev–Trinajstić information content (AvgIpc) is 2.60. The van der Waals surface area contributed by atoms with E-state index in [4.69, 9.17) is 9.84 Å². The Labute approximate surface area is 160 Å². The van der Waals surface area contributed by atoms with E-state index in [1.54, 1.807) is 19.9 Å². The highest BCUT2D eigenvalue weighted by Crippen LogP contribution is 2.10. The molecule has 0 aliphatic heterocycles. The molecule has 0 aliphatic rings. The van der Waals surface area contributed by atoms with Gasteiger partial charge >= 0.3 is 11.9 Å². The standard InChI is InChI=1S/C16H30O2.C6H10O2/c1-4-5-6-7-8-9-10-11-12-13-14-18-16(17)15(2)3;1-3-4-5(2)6(7)8/h2,4-14H2,1,3H3;4H,3H2,1-2H3,(H,7,8). The molecule has 1 N–H and O–H groups in total. The van der Waals surface area contributed by atoms with Gasteiger partial charge in [0.2, 0.25) is 0 Å². The maximum absolute atomic E-state index is 11.1. The van der Waals surface area contributed by atoms with E-state index >= 15 is 0 Å². The Balaban J connectivity index is 0. The summed E-state index contributed by atoms with van der Waals surface area (Å²) in [4.78, 5) is 21.1. The number of carbonyl (C=O) groups is 2. The molecule has 0 aromatic heterocycles. The average molecular weight is 369 g/mol. The van der Waals surface area contributed by atoms with Crippen LogP contribution in [0.1, 0.15) is 98.3 Å². The molecule has 4 heteroatoms. The maximum atomic E-state index is 11.1. The van der Waals surface area contributed by atoms with Crippen LogP contribution >= 0.6 is 0 Å². The third-order valence-electron chi connectivity index (χ3n) is 3.93. The van der Waals surface area contributed by atoms with Gasteiger partial charge in [0.15, 0.2) is 0 Å². The van der Waals surface area contributed by atoms with E-state index in [2.05, 4.69) is 13.5 Å². The number of aliphatic carboxylic acids is 1. The Morgan fingerprint density at radius 3 is 1.69 bits per heavy atom. The fraction of sp³-hybridized carbons (Fsp3) is 0.727. The fourth-order valence-electron chi connectivity index (χ4n) is 2.27. The normalized spacial score (nSPS) is 10.7. The summed E-state index contributed by atoms with van der Waals surface area (Å²) in [6, 6.07) is 0. The minimum Gasteiger partial charge on any atom is -0.478 e. The van der Waals surface area contributed by atoms with Gasteiger partial charge in [0, 0.05) is 11.1 Å². The largest absolute Gasteiger partial charge is 0.478 e. The second-order valence-electron chi connectivity index (χ2n) is 6.70. The lowest BCUT2D eigenvalue weighted by molar-refractivity contribution is -0.139. The van der Waals surface area contributed by atoms with E-state index in [0.29, 0.717) is 17.8 Å². The molecule has 0 aliphatic carbocycles. The molecule has 0 aromatic rings. The maximum Gasteiger partial charge on any atom is 0.333 e. The van der Waals surface area contributed by atoms with Crippen molar-refractivity contribution in [1.82, 2.24) is 0 Å². The van der Waals surface area contributed by atoms with Crippen molar-refractivity contribution in [2.75, 3.05) is 6.61 Å². The van der Waals surface area contributed by atoms with Gasteiger partial charge in [0.05, 0.1) is 6.61 Å². The SMILES string of the molecule is C=C(C)C(=O)OCCCCCCCCCCCC.CCC=C(C)C(=O)O. The fourth-order valence-corrected chi connectivity index (χ4v) is 2.27. The summed E-state index contributed by atoms with van der Waals surface area (Å²) < 4.78 is 5.04. The third kappa shape index (κ3) is 20.5. The van der Waals surface area contributed by atoms with Crippen molar-refractivity contribution in [2.24, 2.45) is 0 Å². The quantitative estimate of drug-likeness (QED) is 0.217. The van der Waals surface area contributed by atoms with Gasteiger partial charge in [0.1, 0.15) is 0 Å². The van der Waals surface area contributed by atoms with Gasteiger partial charge in [-0.25, -0.2) is 9.59 Å². The number of carboxylic acid groups (broad SMARTS) is 1. The minimum atomic E-state index is -0.827. The van der Waals surface area contributed by atoms with Gasteiger partial charge in [0.25, 0.3) is 0 Å². The smallest absolute Gasteiger partial charge is 0.333 e. The first-order valence-corrected chi connectivity index (χ1v) is 10.1. The summed E-state index contributed by atoms with van der Waals surface area (Å²) in [5.74, 6) is -1.09. The molecular formula is C22H40O4. The van der Waals surface area contributed by atoms with Crippen molar-refractivity contribution in [3.8, 4) is 0 Å². The Morgan fingerprint density at radius 1 is 0.885 bits per heavy atom. The van der Waals surface area contributed by atoms with Crippen molar-refractivity contribution in [3.05, 3.63) is 23.8 Å². The van der Waals surface area contributed by atoms with Crippen LogP contribution in [-0.2, 0) is 14.3 Å². The van der Waals surface area contributed by atoms with Gasteiger partial charge in [-0.15, -0.1) is 0 Å². The highest BCUT2D eigenvalue weighted by Gasteiger charge is 2.01. The molecule has 0 heterocycles. The second kappa shape index (κ2) is 19.7. The van der Waals surface area contributed by atoms with Gasteiger partial charge in [-0.3, -0.25) is 0 Å². The van der Waals surface area contributed by atoms with Crippen LogP contribution in [-0.4, -0.2) is 23.7 Å². The molecule has 0 saturated heterocycles. The molecule has 0 amide bonds. The molecule has 26 heavy (non-hydrogen) atoms. The van der Waals surface area contributed by atoms with Gasteiger partial charge in [-0.1, -0.05) is 84.3 Å². The molecular weight excluding hydrogens is 328 g/mol. The monoisotopic (exact) mass is 368 g/mol. The van der Waals surface area contributed by atoms with Crippen LogP contribution in [0.2, 0.25) is 0 Å². The Hall–Kier alpha value is -1.58. The number of hydrogen-bond acceptors (Lipinski definition) is 3. The molecule has 0 aromatic carbocycles. The Morgan fingerprint density at radius 2 is 1.35 bits per heavy atom. The van der Waals surface area contributed by atoms with E-state index in [1.165, 1.54) is 57.8 Å². The molecule has 0 saturated carbocycles. The zero-order chi connectivity index (χ0) is 20.2. The Kier molecular flexibility index (Phi) is 20.2. The minimum absolute atomic E-state index is 0.258. The number of allylic oxidation sites excluding steroid dienone is 1. The number of carbonyl (C=O) groups excluding carboxylic acids is 1. The molecule has 0 atom stereocenters. The second-order valence-corrected chi connectivity index (χ2v) is 6.70. The van der Waals surface area contributed by atoms with Crippen LogP contribution in [0, 0.1) is 0 Å². The highest BCUT2D eigenvalue weighted by molar-refractivity contribution is 5.86. The molecule has 0 spiro atoms. The summed E-state index contributed by atoms with van der Waals surface area (Å²) in [5, 5.41) is 8.24. The Bertz CT molecular complexity index is 410. The van der Waals surface area contributed by atoms with E-state index in [9.17, 15) is 9.59 Å². The number of unbranched alkanes of at least 4 members (excludes halogenated alkanes) is 9. The number of carboxylic acids is 1.